The average Bonchev–Trinajstić information content (AvgIpc) is 3.71. The molecule has 2 aliphatic rings. The Bertz CT molecular complexity index is 2210. The lowest BCUT2D eigenvalue weighted by atomic mass is 9.97. The van der Waals surface area contributed by atoms with Gasteiger partial charge in [-0.25, -0.2) is 19.4 Å². The highest BCUT2D eigenvalue weighted by Gasteiger charge is 2.31. The molecule has 0 bridgehead atoms. The summed E-state index contributed by atoms with van der Waals surface area (Å²) in [5.41, 5.74) is 22.8. The van der Waals surface area contributed by atoms with Gasteiger partial charge in [-0.15, -0.1) is 10.2 Å². The molecule has 4 heterocycles. The highest BCUT2D eigenvalue weighted by Crippen LogP contribution is 2.39. The molecule has 2 aliphatic heterocycles. The van der Waals surface area contributed by atoms with Crippen molar-refractivity contribution < 1.29 is 0 Å². The van der Waals surface area contributed by atoms with E-state index in [0.717, 1.165) is 68.1 Å². The number of benzene rings is 5. The van der Waals surface area contributed by atoms with E-state index in [0.29, 0.717) is 24.5 Å². The van der Waals surface area contributed by atoms with Gasteiger partial charge >= 0.3 is 0 Å². The molecule has 4 N–H and O–H groups in total. The number of nitrogen functional groups attached to an aromatic ring is 2. The summed E-state index contributed by atoms with van der Waals surface area (Å²) in [6.45, 7) is 0. The van der Waals surface area contributed by atoms with Crippen LogP contribution >= 0.6 is 0 Å². The fourth-order valence-electron chi connectivity index (χ4n) is 6.53. The third-order valence-electron chi connectivity index (χ3n) is 9.09. The van der Waals surface area contributed by atoms with Crippen molar-refractivity contribution in [2.24, 2.45) is 10.2 Å². The molecule has 0 saturated heterocycles. The zero-order valence-electron chi connectivity index (χ0n) is 27.0. The minimum atomic E-state index is 0.540. The van der Waals surface area contributed by atoms with Crippen LogP contribution in [0.25, 0.3) is 11.4 Å². The number of nitrogens with zero attached hydrogens (tertiary/aromatic N) is 8. The average molecular weight is 653 g/mol. The van der Waals surface area contributed by atoms with Crippen LogP contribution in [-0.4, -0.2) is 31.0 Å². The monoisotopic (exact) mass is 652 g/mol. The van der Waals surface area contributed by atoms with Crippen LogP contribution < -0.4 is 21.5 Å². The molecule has 242 valence electrons. The zero-order valence-corrected chi connectivity index (χ0v) is 27.0. The Hall–Kier alpha value is -6.94. The Morgan fingerprint density at radius 2 is 0.720 bits per heavy atom. The molecule has 0 radical (unpaired) electrons. The number of hydrazone groups is 2. The molecule has 0 amide bonds. The lowest BCUT2D eigenvalue weighted by Gasteiger charge is -2.25. The first kappa shape index (κ1) is 29.2. The molecule has 10 heteroatoms. The molecule has 9 rings (SSSR count). The second-order valence-electron chi connectivity index (χ2n) is 12.2. The van der Waals surface area contributed by atoms with Crippen LogP contribution in [0.5, 0.6) is 0 Å². The SMILES string of the molecule is Nc1c2c(nn1-c1ccccc1)N(c1ccccc1)N=C(c1ccc(C3=NN(c4ccccc4)c4nn(-c5ccccc5)c(N)c4C3)cc1)C2. The van der Waals surface area contributed by atoms with Crippen molar-refractivity contribution in [3.8, 4) is 11.4 Å². The van der Waals surface area contributed by atoms with E-state index < -0.39 is 0 Å². The molecule has 2 aromatic heterocycles. The summed E-state index contributed by atoms with van der Waals surface area (Å²) in [5.74, 6) is 2.64. The quantitative estimate of drug-likeness (QED) is 0.193. The Morgan fingerprint density at radius 1 is 0.400 bits per heavy atom. The number of fused-ring (bicyclic) bond motifs is 2. The van der Waals surface area contributed by atoms with E-state index in [9.17, 15) is 0 Å². The van der Waals surface area contributed by atoms with Crippen molar-refractivity contribution in [1.29, 1.82) is 0 Å². The number of para-hydroxylation sites is 4. The van der Waals surface area contributed by atoms with Crippen molar-refractivity contribution in [2.45, 2.75) is 12.8 Å². The van der Waals surface area contributed by atoms with Crippen LogP contribution in [0.1, 0.15) is 22.3 Å². The summed E-state index contributed by atoms with van der Waals surface area (Å²) in [5, 5.41) is 23.9. The van der Waals surface area contributed by atoms with Crippen molar-refractivity contribution in [1.82, 2.24) is 19.6 Å². The summed E-state index contributed by atoms with van der Waals surface area (Å²) < 4.78 is 3.59. The van der Waals surface area contributed by atoms with Crippen LogP contribution in [0.4, 0.5) is 34.6 Å². The highest BCUT2D eigenvalue weighted by atomic mass is 15.5. The van der Waals surface area contributed by atoms with E-state index in [-0.39, 0.29) is 0 Å². The van der Waals surface area contributed by atoms with Crippen molar-refractivity contribution in [3.63, 3.8) is 0 Å². The fraction of sp³-hybridized carbons (Fsp3) is 0.0500. The van der Waals surface area contributed by atoms with E-state index in [4.69, 9.17) is 31.9 Å². The minimum absolute atomic E-state index is 0.540. The molecule has 0 fully saturated rings. The highest BCUT2D eigenvalue weighted by molar-refractivity contribution is 6.08. The van der Waals surface area contributed by atoms with Crippen LogP contribution in [0, 0.1) is 0 Å². The largest absolute Gasteiger partial charge is 0.383 e. The van der Waals surface area contributed by atoms with Crippen LogP contribution in [0.15, 0.2) is 156 Å². The molecule has 0 unspecified atom stereocenters. The second-order valence-corrected chi connectivity index (χ2v) is 12.2. The van der Waals surface area contributed by atoms with Gasteiger partial charge in [0.25, 0.3) is 0 Å². The lowest BCUT2D eigenvalue weighted by molar-refractivity contribution is 0.870. The maximum Gasteiger partial charge on any atom is 0.181 e. The zero-order chi connectivity index (χ0) is 33.6. The van der Waals surface area contributed by atoms with Gasteiger partial charge in [0.1, 0.15) is 11.6 Å². The standard InChI is InChI=1S/C40H32N10/c41-37-33-25-35(43-49(31-17-9-3-10-18-31)39(33)45-47(37)29-13-5-1-6-14-29)27-21-23-28(24-22-27)36-26-34-38(42)48(30-15-7-2-8-16-30)46-40(34)50(44-36)32-19-11-4-12-20-32/h1-24H,25-26,41-42H2. The first-order valence-corrected chi connectivity index (χ1v) is 16.4. The van der Waals surface area contributed by atoms with E-state index in [2.05, 4.69) is 24.3 Å². The van der Waals surface area contributed by atoms with Gasteiger partial charge in [-0.3, -0.25) is 0 Å². The molecule has 0 aliphatic carbocycles. The van der Waals surface area contributed by atoms with Gasteiger partial charge in [-0.2, -0.15) is 10.2 Å². The molecule has 0 atom stereocenters. The predicted molar refractivity (Wildman–Crippen MR) is 200 cm³/mol. The van der Waals surface area contributed by atoms with Gasteiger partial charge in [-0.1, -0.05) is 97.1 Å². The second kappa shape index (κ2) is 11.9. The maximum absolute atomic E-state index is 6.79. The van der Waals surface area contributed by atoms with E-state index in [1.807, 2.05) is 131 Å². The number of aromatic nitrogens is 4. The van der Waals surface area contributed by atoms with Crippen molar-refractivity contribution in [2.75, 3.05) is 21.5 Å². The molecular formula is C40H32N10. The number of anilines is 6. The maximum atomic E-state index is 6.79. The molecule has 5 aromatic carbocycles. The first-order chi connectivity index (χ1) is 24.6. The van der Waals surface area contributed by atoms with Crippen LogP contribution in [0.3, 0.4) is 0 Å². The van der Waals surface area contributed by atoms with Crippen LogP contribution in [-0.2, 0) is 12.8 Å². The van der Waals surface area contributed by atoms with Gasteiger partial charge in [0.15, 0.2) is 11.6 Å². The summed E-state index contributed by atoms with van der Waals surface area (Å²) in [7, 11) is 0. The van der Waals surface area contributed by atoms with Crippen LogP contribution in [0.2, 0.25) is 0 Å². The van der Waals surface area contributed by atoms with Gasteiger partial charge in [0, 0.05) is 24.0 Å². The number of hydrogen-bond donors (Lipinski definition) is 2. The van der Waals surface area contributed by atoms with E-state index >= 15 is 0 Å². The lowest BCUT2D eigenvalue weighted by Crippen LogP contribution is -2.23. The molecule has 7 aromatic rings. The minimum Gasteiger partial charge on any atom is -0.383 e. The van der Waals surface area contributed by atoms with Gasteiger partial charge < -0.3 is 11.5 Å². The molecule has 10 nitrogen and oxygen atoms in total. The van der Waals surface area contributed by atoms with Gasteiger partial charge in [-0.05, 0) is 59.7 Å². The van der Waals surface area contributed by atoms with Gasteiger partial charge in [0.2, 0.25) is 0 Å². The normalized spacial score (nSPS) is 13.8. The Labute approximate surface area is 288 Å². The Morgan fingerprint density at radius 3 is 1.06 bits per heavy atom. The number of nitrogens with two attached hydrogens (primary N) is 2. The summed E-state index contributed by atoms with van der Waals surface area (Å²) in [6.07, 6.45) is 1.08. The van der Waals surface area contributed by atoms with Crippen molar-refractivity contribution in [3.05, 3.63) is 168 Å². The fourth-order valence-corrected chi connectivity index (χ4v) is 6.53. The Kier molecular flexibility index (Phi) is 6.98. The smallest absolute Gasteiger partial charge is 0.181 e. The van der Waals surface area contributed by atoms with Crippen molar-refractivity contribution >= 4 is 46.1 Å². The number of rotatable bonds is 6. The molecule has 0 spiro atoms. The topological polar surface area (TPSA) is 119 Å². The third-order valence-corrected chi connectivity index (χ3v) is 9.09. The third kappa shape index (κ3) is 4.98. The summed E-state index contributed by atoms with van der Waals surface area (Å²) >= 11 is 0. The first-order valence-electron chi connectivity index (χ1n) is 16.4. The van der Waals surface area contributed by atoms with Gasteiger partial charge in [0.05, 0.1) is 34.2 Å². The molecule has 0 saturated carbocycles. The number of hydrogen-bond acceptors (Lipinski definition) is 8. The molecular weight excluding hydrogens is 621 g/mol. The Balaban J connectivity index is 1.08. The van der Waals surface area contributed by atoms with E-state index in [1.165, 1.54) is 0 Å². The predicted octanol–water partition coefficient (Wildman–Crippen LogP) is 7.42. The van der Waals surface area contributed by atoms with E-state index in [1.54, 1.807) is 9.36 Å². The summed E-state index contributed by atoms with van der Waals surface area (Å²) in [4.78, 5) is 0. The molecule has 50 heavy (non-hydrogen) atoms. The summed E-state index contributed by atoms with van der Waals surface area (Å²) in [6, 6.07) is 48.3.